The summed E-state index contributed by atoms with van der Waals surface area (Å²) in [5, 5.41) is 2.62. The molecule has 0 heterocycles. The van der Waals surface area contributed by atoms with Gasteiger partial charge in [0.1, 0.15) is 12.2 Å². The number of esters is 1. The topological polar surface area (TPSA) is 165 Å². The molecule has 15 nitrogen and oxygen atoms in total. The van der Waals surface area contributed by atoms with Crippen LogP contribution in [0.15, 0.2) is 30.3 Å². The molecule has 1 aromatic carbocycles. The van der Waals surface area contributed by atoms with Gasteiger partial charge in [-0.25, -0.2) is 9.59 Å². The van der Waals surface area contributed by atoms with Gasteiger partial charge in [0.2, 0.25) is 0 Å². The zero-order valence-electron chi connectivity index (χ0n) is 28.7. The van der Waals surface area contributed by atoms with Gasteiger partial charge in [-0.3, -0.25) is 4.79 Å². The molecule has 15 heteroatoms. The van der Waals surface area contributed by atoms with Gasteiger partial charge in [0.25, 0.3) is 5.78 Å². The average molecular weight is 690 g/mol. The summed E-state index contributed by atoms with van der Waals surface area (Å²) in [5.74, 6) is -1.58. The predicted octanol–water partition coefficient (Wildman–Crippen LogP) is 2.09. The normalized spacial score (nSPS) is 11.4. The third kappa shape index (κ3) is 28.3. The molecule has 0 spiro atoms. The minimum atomic E-state index is -0.901. The first kappa shape index (κ1) is 43.3. The van der Waals surface area contributed by atoms with Gasteiger partial charge < -0.3 is 57.4 Å². The molecule has 0 saturated heterocycles. The standard InChI is InChI=1S/C33H55NO14/c1-33(2,3)48-32(37)34-9-10-38-11-12-39-13-14-40-15-16-41-17-18-42-19-20-43-21-22-44-23-24-45-25-26-46-27-28-47-31(36)30(35)29-7-5-4-6-8-29/h4-8H,9-28H2,1-3H3,(H,34,37). The first-order valence-corrected chi connectivity index (χ1v) is 16.2. The number of hydrogen-bond donors (Lipinski definition) is 1. The minimum absolute atomic E-state index is 0.00720. The quantitative estimate of drug-likeness (QED) is 0.0506. The molecule has 0 aromatic heterocycles. The van der Waals surface area contributed by atoms with Gasteiger partial charge in [-0.2, -0.15) is 0 Å². The maximum Gasteiger partial charge on any atom is 0.407 e. The van der Waals surface area contributed by atoms with Crippen molar-refractivity contribution in [2.75, 3.05) is 132 Å². The number of nitrogens with one attached hydrogen (secondary N) is 1. The van der Waals surface area contributed by atoms with Crippen molar-refractivity contribution in [1.82, 2.24) is 5.32 Å². The van der Waals surface area contributed by atoms with E-state index in [1.807, 2.05) is 20.8 Å². The summed E-state index contributed by atoms with van der Waals surface area (Å²) in [5.41, 5.74) is -0.227. The third-order valence-electron chi connectivity index (χ3n) is 5.57. The van der Waals surface area contributed by atoms with Gasteiger partial charge in [-0.1, -0.05) is 30.3 Å². The second-order valence-electron chi connectivity index (χ2n) is 10.8. The summed E-state index contributed by atoms with van der Waals surface area (Å²) in [6.45, 7) is 13.4. The van der Waals surface area contributed by atoms with Crippen LogP contribution in [-0.2, 0) is 56.9 Å². The molecule has 0 atom stereocenters. The van der Waals surface area contributed by atoms with Crippen LogP contribution >= 0.6 is 0 Å². The van der Waals surface area contributed by atoms with Crippen LogP contribution in [0.25, 0.3) is 0 Å². The summed E-state index contributed by atoms with van der Waals surface area (Å²) >= 11 is 0. The molecule has 0 unspecified atom stereocenters. The summed E-state index contributed by atoms with van der Waals surface area (Å²) in [6, 6.07) is 8.24. The van der Waals surface area contributed by atoms with E-state index in [4.69, 9.17) is 52.1 Å². The monoisotopic (exact) mass is 689 g/mol. The number of alkyl carbamates (subject to hydrolysis) is 1. The first-order valence-electron chi connectivity index (χ1n) is 16.2. The largest absolute Gasteiger partial charge is 0.457 e. The molecule has 276 valence electrons. The molecule has 1 aromatic rings. The van der Waals surface area contributed by atoms with E-state index in [-0.39, 0.29) is 13.2 Å². The van der Waals surface area contributed by atoms with E-state index >= 15 is 0 Å². The number of carbonyl (C=O) groups is 3. The van der Waals surface area contributed by atoms with Crippen molar-refractivity contribution < 1.29 is 66.5 Å². The highest BCUT2D eigenvalue weighted by molar-refractivity contribution is 6.40. The number of Topliss-reactive ketones (excluding diaryl/α,β-unsaturated/α-hetero) is 1. The Balaban J connectivity index is 1.68. The molecule has 0 radical (unpaired) electrons. The summed E-state index contributed by atoms with van der Waals surface area (Å²) < 4.78 is 58.8. The Morgan fingerprint density at radius 1 is 0.500 bits per heavy atom. The van der Waals surface area contributed by atoms with Crippen molar-refractivity contribution >= 4 is 17.8 Å². The van der Waals surface area contributed by atoms with Crippen LogP contribution < -0.4 is 5.32 Å². The van der Waals surface area contributed by atoms with Crippen molar-refractivity contribution in [3.8, 4) is 0 Å². The van der Waals surface area contributed by atoms with Crippen molar-refractivity contribution in [3.05, 3.63) is 35.9 Å². The molecule has 0 aliphatic rings. The van der Waals surface area contributed by atoms with E-state index in [2.05, 4.69) is 5.32 Å². The van der Waals surface area contributed by atoms with Crippen LogP contribution in [0.2, 0.25) is 0 Å². The molecular formula is C33H55NO14. The number of hydrogen-bond acceptors (Lipinski definition) is 14. The van der Waals surface area contributed by atoms with E-state index in [9.17, 15) is 14.4 Å². The lowest BCUT2D eigenvalue weighted by Crippen LogP contribution is -2.34. The Bertz CT molecular complexity index is 929. The Labute approximate surface area is 284 Å². The molecule has 48 heavy (non-hydrogen) atoms. The van der Waals surface area contributed by atoms with Crippen LogP contribution in [0.1, 0.15) is 31.1 Å². The number of ether oxygens (including phenoxy) is 11. The van der Waals surface area contributed by atoms with Crippen LogP contribution in [0, 0.1) is 0 Å². The van der Waals surface area contributed by atoms with E-state index in [1.165, 1.54) is 0 Å². The van der Waals surface area contributed by atoms with E-state index < -0.39 is 23.4 Å². The highest BCUT2D eigenvalue weighted by Gasteiger charge is 2.17. The van der Waals surface area contributed by atoms with Gasteiger partial charge in [0.05, 0.1) is 119 Å². The second kappa shape index (κ2) is 30.3. The molecular weight excluding hydrogens is 634 g/mol. The highest BCUT2D eigenvalue weighted by atomic mass is 16.6. The Morgan fingerprint density at radius 3 is 1.19 bits per heavy atom. The Kier molecular flexibility index (Phi) is 27.4. The third-order valence-corrected chi connectivity index (χ3v) is 5.57. The molecule has 0 aliphatic carbocycles. The lowest BCUT2D eigenvalue weighted by atomic mass is 10.1. The van der Waals surface area contributed by atoms with Gasteiger partial charge in [-0.05, 0) is 20.8 Å². The zero-order valence-corrected chi connectivity index (χ0v) is 28.7. The lowest BCUT2D eigenvalue weighted by Gasteiger charge is -2.19. The van der Waals surface area contributed by atoms with Crippen molar-refractivity contribution in [1.29, 1.82) is 0 Å². The smallest absolute Gasteiger partial charge is 0.407 e. The fourth-order valence-corrected chi connectivity index (χ4v) is 3.37. The van der Waals surface area contributed by atoms with Crippen LogP contribution in [-0.4, -0.2) is 156 Å². The number of carbonyl (C=O) groups excluding carboxylic acids is 3. The van der Waals surface area contributed by atoms with Crippen molar-refractivity contribution in [2.24, 2.45) is 0 Å². The molecule has 1 rings (SSSR count). The average Bonchev–Trinajstić information content (AvgIpc) is 3.06. The lowest BCUT2D eigenvalue weighted by molar-refractivity contribution is -0.139. The fourth-order valence-electron chi connectivity index (χ4n) is 3.37. The summed E-state index contributed by atoms with van der Waals surface area (Å²) in [4.78, 5) is 35.1. The highest BCUT2D eigenvalue weighted by Crippen LogP contribution is 2.06. The van der Waals surface area contributed by atoms with E-state index in [0.717, 1.165) is 0 Å². The minimum Gasteiger partial charge on any atom is -0.457 e. The first-order chi connectivity index (χ1) is 23.3. The van der Waals surface area contributed by atoms with Crippen molar-refractivity contribution in [3.63, 3.8) is 0 Å². The number of benzene rings is 1. The summed E-state index contributed by atoms with van der Waals surface area (Å²) in [6.07, 6.45) is -0.460. The fraction of sp³-hybridized carbons (Fsp3) is 0.727. The second-order valence-corrected chi connectivity index (χ2v) is 10.8. The molecule has 1 N–H and O–H groups in total. The molecule has 0 aliphatic heterocycles. The van der Waals surface area contributed by atoms with Gasteiger partial charge in [0.15, 0.2) is 0 Å². The number of amides is 1. The predicted molar refractivity (Wildman–Crippen MR) is 173 cm³/mol. The molecule has 1 amide bonds. The summed E-state index contributed by atoms with van der Waals surface area (Å²) in [7, 11) is 0. The van der Waals surface area contributed by atoms with Gasteiger partial charge in [0, 0.05) is 12.1 Å². The van der Waals surface area contributed by atoms with Crippen molar-refractivity contribution in [2.45, 2.75) is 26.4 Å². The Morgan fingerprint density at radius 2 is 0.833 bits per heavy atom. The zero-order chi connectivity index (χ0) is 35.0. The van der Waals surface area contributed by atoms with E-state index in [0.29, 0.717) is 124 Å². The molecule has 0 fully saturated rings. The molecule has 0 bridgehead atoms. The number of ketones is 1. The Hall–Kier alpha value is -2.73. The van der Waals surface area contributed by atoms with Gasteiger partial charge in [-0.15, -0.1) is 0 Å². The van der Waals surface area contributed by atoms with Crippen LogP contribution in [0.5, 0.6) is 0 Å². The van der Waals surface area contributed by atoms with Crippen LogP contribution in [0.3, 0.4) is 0 Å². The van der Waals surface area contributed by atoms with Gasteiger partial charge >= 0.3 is 12.1 Å². The van der Waals surface area contributed by atoms with E-state index in [1.54, 1.807) is 30.3 Å². The van der Waals surface area contributed by atoms with Crippen LogP contribution in [0.4, 0.5) is 4.79 Å². The maximum atomic E-state index is 11.9. The molecule has 0 saturated carbocycles. The number of rotatable bonds is 32. The maximum absolute atomic E-state index is 11.9. The SMILES string of the molecule is CC(C)(C)OC(=O)NCCOCCOCCOCCOCCOCCOCCOCCOCCOCCOC(=O)C(=O)c1ccccc1.